The molecule has 1 aromatic carbocycles. The van der Waals surface area contributed by atoms with E-state index in [0.29, 0.717) is 23.2 Å². The van der Waals surface area contributed by atoms with Crippen LogP contribution in [0.5, 0.6) is 0 Å². The van der Waals surface area contributed by atoms with Gasteiger partial charge in [-0.2, -0.15) is 0 Å². The van der Waals surface area contributed by atoms with Crippen molar-refractivity contribution in [3.05, 3.63) is 66.2 Å². The molecule has 1 aliphatic rings. The molecule has 146 valence electrons. The summed E-state index contributed by atoms with van der Waals surface area (Å²) in [5.41, 5.74) is 4.48. The fourth-order valence-corrected chi connectivity index (χ4v) is 3.37. The van der Waals surface area contributed by atoms with Gasteiger partial charge < -0.3 is 10.4 Å². The van der Waals surface area contributed by atoms with Crippen LogP contribution in [0, 0.1) is 11.7 Å². The minimum Gasteiger partial charge on any atom is -0.392 e. The molecule has 0 unspecified atom stereocenters. The monoisotopic (exact) mass is 389 g/mol. The number of halogens is 1. The molecule has 1 aliphatic carbocycles. The van der Waals surface area contributed by atoms with Crippen LogP contribution in [0.3, 0.4) is 0 Å². The summed E-state index contributed by atoms with van der Waals surface area (Å²) >= 11 is 0. The zero-order valence-electron chi connectivity index (χ0n) is 15.7. The van der Waals surface area contributed by atoms with Crippen molar-refractivity contribution in [3.8, 4) is 22.6 Å². The summed E-state index contributed by atoms with van der Waals surface area (Å²) < 4.78 is 15.4. The number of fused-ring (bicyclic) bond motifs is 1. The van der Waals surface area contributed by atoms with Crippen LogP contribution >= 0.6 is 0 Å². The fraction of sp³-hybridized carbons (Fsp3) is 0.227. The van der Waals surface area contributed by atoms with Crippen LogP contribution < -0.4 is 5.32 Å². The molecule has 3 heterocycles. The minimum atomic E-state index is -0.296. The van der Waals surface area contributed by atoms with Crippen LogP contribution in [-0.4, -0.2) is 31.0 Å². The summed E-state index contributed by atoms with van der Waals surface area (Å²) in [4.78, 5) is 13.8. The molecule has 0 radical (unpaired) electrons. The standard InChI is InChI=1S/C22H20FN5O/c23-17-5-3-16(4-6-17)20-21(28-10-8-15(13-29)11-19(28)27-20)18-7-9-24-22(26-18)25-12-14-1-2-14/h3-11,14,29H,1-2,12-13H2,(H,24,25,26). The van der Waals surface area contributed by atoms with E-state index < -0.39 is 0 Å². The van der Waals surface area contributed by atoms with Crippen LogP contribution in [0.15, 0.2) is 54.9 Å². The molecule has 0 bridgehead atoms. The first-order chi connectivity index (χ1) is 14.2. The molecule has 6 nitrogen and oxygen atoms in total. The van der Waals surface area contributed by atoms with E-state index in [4.69, 9.17) is 9.97 Å². The summed E-state index contributed by atoms with van der Waals surface area (Å²) in [7, 11) is 0. The van der Waals surface area contributed by atoms with Crippen molar-refractivity contribution in [2.24, 2.45) is 5.92 Å². The molecule has 1 fully saturated rings. The van der Waals surface area contributed by atoms with Gasteiger partial charge in [-0.3, -0.25) is 4.40 Å². The first-order valence-corrected chi connectivity index (χ1v) is 9.66. The lowest BCUT2D eigenvalue weighted by Gasteiger charge is -2.08. The Labute approximate surface area is 167 Å². The average Bonchev–Trinajstić information content (AvgIpc) is 3.51. The number of nitrogens with one attached hydrogen (secondary N) is 1. The Morgan fingerprint density at radius 3 is 2.69 bits per heavy atom. The Kier molecular flexibility index (Phi) is 4.44. The van der Waals surface area contributed by atoms with Crippen molar-refractivity contribution >= 4 is 11.6 Å². The van der Waals surface area contributed by atoms with Gasteiger partial charge in [0, 0.05) is 24.5 Å². The summed E-state index contributed by atoms with van der Waals surface area (Å²) in [6.07, 6.45) is 6.10. The number of imidazole rings is 1. The first kappa shape index (κ1) is 17.8. The third-order valence-electron chi connectivity index (χ3n) is 5.13. The number of aromatic nitrogens is 4. The zero-order chi connectivity index (χ0) is 19.8. The lowest BCUT2D eigenvalue weighted by Crippen LogP contribution is -2.07. The van der Waals surface area contributed by atoms with Gasteiger partial charge in [0.2, 0.25) is 5.95 Å². The second kappa shape index (κ2) is 7.25. The van der Waals surface area contributed by atoms with E-state index in [9.17, 15) is 9.50 Å². The SMILES string of the molecule is OCc1ccn2c(-c3ccnc(NCC4CC4)n3)c(-c3ccc(F)cc3)nc2c1. The van der Waals surface area contributed by atoms with E-state index in [0.717, 1.165) is 29.1 Å². The molecule has 0 spiro atoms. The van der Waals surface area contributed by atoms with Crippen molar-refractivity contribution < 1.29 is 9.50 Å². The van der Waals surface area contributed by atoms with Crippen molar-refractivity contribution in [2.75, 3.05) is 11.9 Å². The predicted octanol–water partition coefficient (Wildman–Crippen LogP) is 3.91. The number of benzene rings is 1. The van der Waals surface area contributed by atoms with Crippen LogP contribution in [0.1, 0.15) is 18.4 Å². The van der Waals surface area contributed by atoms with Gasteiger partial charge in [0.25, 0.3) is 0 Å². The number of anilines is 1. The van der Waals surface area contributed by atoms with Gasteiger partial charge in [-0.15, -0.1) is 0 Å². The third-order valence-corrected chi connectivity index (χ3v) is 5.13. The second-order valence-corrected chi connectivity index (χ2v) is 7.33. The number of aliphatic hydroxyl groups is 1. The molecule has 29 heavy (non-hydrogen) atoms. The summed E-state index contributed by atoms with van der Waals surface area (Å²) in [5.74, 6) is 1.00. The molecule has 1 saturated carbocycles. The van der Waals surface area contributed by atoms with E-state index in [1.807, 2.05) is 28.8 Å². The third kappa shape index (κ3) is 3.56. The Morgan fingerprint density at radius 2 is 1.93 bits per heavy atom. The van der Waals surface area contributed by atoms with Gasteiger partial charge in [-0.1, -0.05) is 0 Å². The molecule has 7 heteroatoms. The Bertz CT molecular complexity index is 1170. The van der Waals surface area contributed by atoms with Gasteiger partial charge in [0.15, 0.2) is 0 Å². The number of pyridine rings is 1. The lowest BCUT2D eigenvalue weighted by molar-refractivity contribution is 0.282. The summed E-state index contributed by atoms with van der Waals surface area (Å²) in [5, 5.41) is 12.8. The summed E-state index contributed by atoms with van der Waals surface area (Å²) in [6.45, 7) is 0.814. The van der Waals surface area contributed by atoms with Crippen LogP contribution in [0.25, 0.3) is 28.3 Å². The zero-order valence-corrected chi connectivity index (χ0v) is 15.7. The smallest absolute Gasteiger partial charge is 0.223 e. The van der Waals surface area contributed by atoms with Gasteiger partial charge in [0.1, 0.15) is 11.5 Å². The highest BCUT2D eigenvalue weighted by Gasteiger charge is 2.22. The molecule has 5 rings (SSSR count). The van der Waals surface area contributed by atoms with E-state index in [1.165, 1.54) is 25.0 Å². The molecule has 3 aromatic heterocycles. The van der Waals surface area contributed by atoms with Gasteiger partial charge in [-0.25, -0.2) is 19.3 Å². The maximum atomic E-state index is 13.5. The number of hydrogen-bond acceptors (Lipinski definition) is 5. The lowest BCUT2D eigenvalue weighted by atomic mass is 10.1. The number of hydrogen-bond donors (Lipinski definition) is 2. The van der Waals surface area contributed by atoms with Crippen LogP contribution in [-0.2, 0) is 6.61 Å². The summed E-state index contributed by atoms with van der Waals surface area (Å²) in [6, 6.07) is 11.8. The Morgan fingerprint density at radius 1 is 1.10 bits per heavy atom. The molecular weight excluding hydrogens is 369 g/mol. The highest BCUT2D eigenvalue weighted by atomic mass is 19.1. The molecular formula is C22H20FN5O. The second-order valence-electron chi connectivity index (χ2n) is 7.33. The maximum absolute atomic E-state index is 13.5. The Hall–Kier alpha value is -3.32. The van der Waals surface area contributed by atoms with E-state index in [2.05, 4.69) is 10.3 Å². The number of rotatable bonds is 6. The van der Waals surface area contributed by atoms with Crippen molar-refractivity contribution in [2.45, 2.75) is 19.4 Å². The van der Waals surface area contributed by atoms with Gasteiger partial charge >= 0.3 is 0 Å². The first-order valence-electron chi connectivity index (χ1n) is 9.66. The largest absolute Gasteiger partial charge is 0.392 e. The highest BCUT2D eigenvalue weighted by molar-refractivity contribution is 5.80. The van der Waals surface area contributed by atoms with E-state index in [1.54, 1.807) is 18.3 Å². The Balaban J connectivity index is 1.65. The number of nitrogens with zero attached hydrogens (tertiary/aromatic N) is 4. The van der Waals surface area contributed by atoms with Crippen molar-refractivity contribution in [1.82, 2.24) is 19.4 Å². The molecule has 0 atom stereocenters. The average molecular weight is 389 g/mol. The van der Waals surface area contributed by atoms with Gasteiger partial charge in [-0.05, 0) is 66.8 Å². The van der Waals surface area contributed by atoms with E-state index in [-0.39, 0.29) is 12.4 Å². The van der Waals surface area contributed by atoms with Gasteiger partial charge in [0.05, 0.1) is 23.7 Å². The molecule has 0 saturated heterocycles. The minimum absolute atomic E-state index is 0.0622. The predicted molar refractivity (Wildman–Crippen MR) is 109 cm³/mol. The van der Waals surface area contributed by atoms with Crippen LogP contribution in [0.4, 0.5) is 10.3 Å². The van der Waals surface area contributed by atoms with Crippen molar-refractivity contribution in [3.63, 3.8) is 0 Å². The highest BCUT2D eigenvalue weighted by Crippen LogP contribution is 2.33. The molecule has 4 aromatic rings. The maximum Gasteiger partial charge on any atom is 0.223 e. The van der Waals surface area contributed by atoms with Crippen molar-refractivity contribution in [1.29, 1.82) is 0 Å². The molecule has 0 amide bonds. The van der Waals surface area contributed by atoms with Crippen LogP contribution in [0.2, 0.25) is 0 Å². The van der Waals surface area contributed by atoms with E-state index >= 15 is 0 Å². The quantitative estimate of drug-likeness (QED) is 0.523. The fourth-order valence-electron chi connectivity index (χ4n) is 3.37. The molecule has 0 aliphatic heterocycles. The molecule has 2 N–H and O–H groups in total. The number of aliphatic hydroxyl groups excluding tert-OH is 1. The topological polar surface area (TPSA) is 75.3 Å². The normalized spacial score (nSPS) is 13.7.